The first-order valence-corrected chi connectivity index (χ1v) is 11.3. The van der Waals surface area contributed by atoms with Crippen molar-refractivity contribution in [2.75, 3.05) is 13.1 Å². The molecule has 2 aliphatic heterocycles. The minimum atomic E-state index is -0.149. The third kappa shape index (κ3) is 3.60. The number of piperidine rings is 1. The largest absolute Gasteiger partial charge is 0.336 e. The lowest BCUT2D eigenvalue weighted by atomic mass is 9.97. The van der Waals surface area contributed by atoms with Crippen LogP contribution >= 0.6 is 0 Å². The van der Waals surface area contributed by atoms with E-state index in [9.17, 15) is 14.4 Å². The van der Waals surface area contributed by atoms with Crippen molar-refractivity contribution in [3.63, 3.8) is 0 Å². The van der Waals surface area contributed by atoms with E-state index >= 15 is 0 Å². The Hall–Kier alpha value is -2.18. The van der Waals surface area contributed by atoms with Gasteiger partial charge in [-0.3, -0.25) is 14.4 Å². The summed E-state index contributed by atoms with van der Waals surface area (Å²) in [5.74, 6) is 1.36. The van der Waals surface area contributed by atoms with Crippen LogP contribution in [0.2, 0.25) is 0 Å². The van der Waals surface area contributed by atoms with Gasteiger partial charge in [-0.15, -0.1) is 0 Å². The van der Waals surface area contributed by atoms with Gasteiger partial charge in [-0.2, -0.15) is 0 Å². The number of rotatable bonds is 3. The normalized spacial score (nSPS) is 25.2. The van der Waals surface area contributed by atoms with Crippen molar-refractivity contribution in [3.8, 4) is 0 Å². The van der Waals surface area contributed by atoms with Gasteiger partial charge in [0.05, 0.1) is 18.3 Å². The van der Waals surface area contributed by atoms with Crippen LogP contribution in [0.25, 0.3) is 0 Å². The Morgan fingerprint density at radius 2 is 1.62 bits per heavy atom. The number of nitrogens with one attached hydrogen (secondary N) is 1. The lowest BCUT2D eigenvalue weighted by Crippen LogP contribution is -2.44. The van der Waals surface area contributed by atoms with Gasteiger partial charge in [0.15, 0.2) is 0 Å². The Balaban J connectivity index is 1.41. The summed E-state index contributed by atoms with van der Waals surface area (Å²) in [6, 6.07) is -0.149. The van der Waals surface area contributed by atoms with Gasteiger partial charge in [-0.25, -0.2) is 4.98 Å². The maximum atomic E-state index is 13.1. The number of fused-ring (bicyclic) bond motifs is 1. The molecule has 7 heteroatoms. The van der Waals surface area contributed by atoms with Crippen molar-refractivity contribution in [2.45, 2.75) is 76.8 Å². The molecule has 156 valence electrons. The molecule has 5 rings (SSSR count). The number of hydrogen-bond donors (Lipinski definition) is 1. The lowest BCUT2D eigenvalue weighted by molar-refractivity contribution is -0.139. The predicted octanol–water partition coefficient (Wildman–Crippen LogP) is 2.31. The second-order valence-electron chi connectivity index (χ2n) is 9.19. The molecule has 29 heavy (non-hydrogen) atoms. The topological polar surface area (TPSA) is 86.4 Å². The summed E-state index contributed by atoms with van der Waals surface area (Å²) >= 11 is 0. The van der Waals surface area contributed by atoms with Gasteiger partial charge < -0.3 is 14.8 Å². The smallest absolute Gasteiger partial charge is 0.254 e. The first-order valence-electron chi connectivity index (χ1n) is 11.3. The van der Waals surface area contributed by atoms with E-state index in [2.05, 4.69) is 4.98 Å². The highest BCUT2D eigenvalue weighted by molar-refractivity contribution is 5.81. The van der Waals surface area contributed by atoms with E-state index in [4.69, 9.17) is 4.98 Å². The minimum Gasteiger partial charge on any atom is -0.336 e. The number of hydrogen-bond acceptors (Lipinski definition) is 4. The van der Waals surface area contributed by atoms with Crippen molar-refractivity contribution < 1.29 is 9.59 Å². The fraction of sp³-hybridized carbons (Fsp3) is 0.727. The number of amides is 2. The first kappa shape index (κ1) is 18.8. The quantitative estimate of drug-likeness (QED) is 0.847. The Labute approximate surface area is 170 Å². The highest BCUT2D eigenvalue weighted by Crippen LogP contribution is 2.35. The van der Waals surface area contributed by atoms with Crippen LogP contribution in [0.1, 0.15) is 80.9 Å². The van der Waals surface area contributed by atoms with E-state index in [1.165, 1.54) is 0 Å². The third-order valence-corrected chi connectivity index (χ3v) is 7.14. The van der Waals surface area contributed by atoms with E-state index in [0.717, 1.165) is 70.0 Å². The molecule has 3 heterocycles. The van der Waals surface area contributed by atoms with Crippen LogP contribution in [0.4, 0.5) is 0 Å². The average molecular weight is 399 g/mol. The van der Waals surface area contributed by atoms with Crippen molar-refractivity contribution in [2.24, 2.45) is 11.8 Å². The summed E-state index contributed by atoms with van der Waals surface area (Å²) in [7, 11) is 0. The zero-order valence-electron chi connectivity index (χ0n) is 17.0. The molecule has 2 saturated carbocycles. The maximum Gasteiger partial charge on any atom is 0.254 e. The predicted molar refractivity (Wildman–Crippen MR) is 107 cm³/mol. The zero-order chi connectivity index (χ0) is 20.0. The fourth-order valence-electron chi connectivity index (χ4n) is 5.28. The van der Waals surface area contributed by atoms with Crippen molar-refractivity contribution in [1.29, 1.82) is 0 Å². The van der Waals surface area contributed by atoms with E-state index in [0.29, 0.717) is 30.9 Å². The summed E-state index contributed by atoms with van der Waals surface area (Å²) in [6.45, 7) is 1.76. The monoisotopic (exact) mass is 398 g/mol. The molecule has 3 fully saturated rings. The lowest BCUT2D eigenvalue weighted by Gasteiger charge is -2.37. The molecule has 0 spiro atoms. The number of aromatic nitrogens is 2. The van der Waals surface area contributed by atoms with Gasteiger partial charge >= 0.3 is 0 Å². The molecule has 7 nitrogen and oxygen atoms in total. The van der Waals surface area contributed by atoms with Crippen molar-refractivity contribution in [3.05, 3.63) is 27.4 Å². The van der Waals surface area contributed by atoms with Crippen LogP contribution in [-0.2, 0) is 22.6 Å². The molecule has 1 atom stereocenters. The Bertz CT molecular complexity index is 869. The number of carbonyl (C=O) groups excluding carboxylic acids is 2. The second-order valence-corrected chi connectivity index (χ2v) is 9.19. The van der Waals surface area contributed by atoms with E-state index in [-0.39, 0.29) is 35.3 Å². The summed E-state index contributed by atoms with van der Waals surface area (Å²) in [5.41, 5.74) is 1.34. The SMILES string of the molecule is O=C(C1CC1)N1CCc2c(nc([C@H]3CCCCN3C(=O)C3CCCC3)[nH]c2=O)C1. The number of H-pyrrole nitrogens is 1. The number of likely N-dealkylation sites (tertiary alicyclic amines) is 1. The van der Waals surface area contributed by atoms with Crippen LogP contribution < -0.4 is 5.56 Å². The molecule has 1 saturated heterocycles. The van der Waals surface area contributed by atoms with E-state index in [1.54, 1.807) is 0 Å². The Kier molecular flexibility index (Phi) is 4.92. The molecule has 1 aromatic heterocycles. The van der Waals surface area contributed by atoms with Gasteiger partial charge in [0.2, 0.25) is 11.8 Å². The molecule has 2 aliphatic carbocycles. The van der Waals surface area contributed by atoms with Gasteiger partial charge in [-0.1, -0.05) is 12.8 Å². The second kappa shape index (κ2) is 7.58. The third-order valence-electron chi connectivity index (χ3n) is 7.14. The highest BCUT2D eigenvalue weighted by atomic mass is 16.2. The van der Waals surface area contributed by atoms with E-state index < -0.39 is 0 Å². The van der Waals surface area contributed by atoms with Crippen LogP contribution in [0.5, 0.6) is 0 Å². The molecular weight excluding hydrogens is 368 g/mol. The molecule has 1 N–H and O–H groups in total. The summed E-state index contributed by atoms with van der Waals surface area (Å²) in [5, 5.41) is 0. The Morgan fingerprint density at radius 3 is 2.38 bits per heavy atom. The zero-order valence-corrected chi connectivity index (χ0v) is 17.0. The molecular formula is C22H30N4O3. The van der Waals surface area contributed by atoms with Gasteiger partial charge in [0.25, 0.3) is 5.56 Å². The molecule has 0 aromatic carbocycles. The highest BCUT2D eigenvalue weighted by Gasteiger charge is 2.37. The molecule has 2 amide bonds. The average Bonchev–Trinajstić information content (AvgIpc) is 3.46. The molecule has 1 aromatic rings. The minimum absolute atomic E-state index is 0.0950. The Morgan fingerprint density at radius 1 is 0.897 bits per heavy atom. The van der Waals surface area contributed by atoms with Crippen LogP contribution in [0.3, 0.4) is 0 Å². The molecule has 0 unspecified atom stereocenters. The van der Waals surface area contributed by atoms with Crippen molar-refractivity contribution >= 4 is 11.8 Å². The van der Waals surface area contributed by atoms with Crippen LogP contribution in [-0.4, -0.2) is 44.7 Å². The van der Waals surface area contributed by atoms with Gasteiger partial charge in [0.1, 0.15) is 5.82 Å². The standard InChI is InChI=1S/C22H30N4O3/c27-20-16-10-12-25(21(28)15-8-9-15)13-17(16)23-19(24-20)18-7-3-4-11-26(18)22(29)14-5-1-2-6-14/h14-15,18H,1-13H2,(H,23,24,27)/t18-/m1/s1. The molecule has 0 radical (unpaired) electrons. The summed E-state index contributed by atoms with van der Waals surface area (Å²) < 4.78 is 0. The summed E-state index contributed by atoms with van der Waals surface area (Å²) in [4.78, 5) is 50.1. The summed E-state index contributed by atoms with van der Waals surface area (Å²) in [6.07, 6.45) is 9.63. The van der Waals surface area contributed by atoms with Gasteiger partial charge in [0, 0.05) is 30.5 Å². The maximum absolute atomic E-state index is 13.1. The van der Waals surface area contributed by atoms with Crippen LogP contribution in [0, 0.1) is 11.8 Å². The van der Waals surface area contributed by atoms with Crippen LogP contribution in [0.15, 0.2) is 4.79 Å². The van der Waals surface area contributed by atoms with Gasteiger partial charge in [-0.05, 0) is 51.4 Å². The molecule has 4 aliphatic rings. The first-order chi connectivity index (χ1) is 14.1. The van der Waals surface area contributed by atoms with E-state index in [1.807, 2.05) is 9.80 Å². The number of aromatic amines is 1. The number of carbonyl (C=O) groups is 2. The fourth-order valence-corrected chi connectivity index (χ4v) is 5.28. The van der Waals surface area contributed by atoms with Crippen molar-refractivity contribution in [1.82, 2.24) is 19.8 Å². The number of nitrogens with zero attached hydrogens (tertiary/aromatic N) is 3. The molecule has 0 bridgehead atoms.